The SMILES string of the molecule is C[C@H]1CCCC[C@@]12NC(=O)N(CC(=O)OCC(=O)NCc1ccccc1)C2=O. The van der Waals surface area contributed by atoms with Gasteiger partial charge < -0.3 is 15.4 Å². The number of nitrogens with one attached hydrogen (secondary N) is 2. The summed E-state index contributed by atoms with van der Waals surface area (Å²) in [7, 11) is 0. The molecule has 4 amide bonds. The molecule has 1 aromatic rings. The molecule has 150 valence electrons. The van der Waals surface area contributed by atoms with Gasteiger partial charge in [-0.25, -0.2) is 4.79 Å². The second-order valence-corrected chi connectivity index (χ2v) is 7.36. The summed E-state index contributed by atoms with van der Waals surface area (Å²) in [5.74, 6) is -1.61. The smallest absolute Gasteiger partial charge is 0.326 e. The van der Waals surface area contributed by atoms with E-state index >= 15 is 0 Å². The van der Waals surface area contributed by atoms with Crippen LogP contribution in [-0.4, -0.2) is 47.4 Å². The Morgan fingerprint density at radius 3 is 2.71 bits per heavy atom. The number of esters is 1. The third-order valence-corrected chi connectivity index (χ3v) is 5.49. The summed E-state index contributed by atoms with van der Waals surface area (Å²) in [6, 6.07) is 8.75. The van der Waals surface area contributed by atoms with Crippen LogP contribution in [0.5, 0.6) is 0 Å². The molecule has 1 heterocycles. The quantitative estimate of drug-likeness (QED) is 0.566. The Morgan fingerprint density at radius 2 is 2.00 bits per heavy atom. The van der Waals surface area contributed by atoms with Gasteiger partial charge in [0.25, 0.3) is 11.8 Å². The Hall–Kier alpha value is -2.90. The Bertz CT molecular complexity index is 766. The second kappa shape index (κ2) is 8.41. The van der Waals surface area contributed by atoms with Crippen LogP contribution in [0, 0.1) is 5.92 Å². The fraction of sp³-hybridized carbons (Fsp3) is 0.500. The van der Waals surface area contributed by atoms with Crippen molar-refractivity contribution in [1.82, 2.24) is 15.5 Å². The highest BCUT2D eigenvalue weighted by Gasteiger charge is 2.55. The number of amides is 4. The number of benzene rings is 1. The molecule has 1 aromatic carbocycles. The Balaban J connectivity index is 1.47. The lowest BCUT2D eigenvalue weighted by atomic mass is 9.73. The lowest BCUT2D eigenvalue weighted by molar-refractivity contribution is -0.151. The van der Waals surface area contributed by atoms with Crippen molar-refractivity contribution in [1.29, 1.82) is 0 Å². The van der Waals surface area contributed by atoms with Crippen LogP contribution < -0.4 is 10.6 Å². The maximum atomic E-state index is 12.8. The summed E-state index contributed by atoms with van der Waals surface area (Å²) in [6.07, 6.45) is 3.31. The van der Waals surface area contributed by atoms with E-state index in [1.807, 2.05) is 37.3 Å². The zero-order valence-electron chi connectivity index (χ0n) is 15.9. The molecule has 1 aliphatic carbocycles. The number of hydrogen-bond donors (Lipinski definition) is 2. The molecule has 1 saturated carbocycles. The van der Waals surface area contributed by atoms with E-state index < -0.39 is 36.6 Å². The lowest BCUT2D eigenvalue weighted by Gasteiger charge is -2.36. The van der Waals surface area contributed by atoms with Gasteiger partial charge in [0.15, 0.2) is 6.61 Å². The topological polar surface area (TPSA) is 105 Å². The van der Waals surface area contributed by atoms with Crippen LogP contribution in [0.25, 0.3) is 0 Å². The molecule has 2 aliphatic rings. The van der Waals surface area contributed by atoms with Gasteiger partial charge in [-0.3, -0.25) is 19.3 Å². The molecule has 3 rings (SSSR count). The highest BCUT2D eigenvalue weighted by Crippen LogP contribution is 2.38. The minimum atomic E-state index is -0.914. The van der Waals surface area contributed by atoms with Crippen LogP contribution in [0.3, 0.4) is 0 Å². The summed E-state index contributed by atoms with van der Waals surface area (Å²) >= 11 is 0. The monoisotopic (exact) mass is 387 g/mol. The van der Waals surface area contributed by atoms with E-state index in [9.17, 15) is 19.2 Å². The van der Waals surface area contributed by atoms with Crippen LogP contribution in [-0.2, 0) is 25.7 Å². The van der Waals surface area contributed by atoms with Gasteiger partial charge in [0, 0.05) is 6.54 Å². The van der Waals surface area contributed by atoms with Crippen LogP contribution in [0.15, 0.2) is 30.3 Å². The lowest BCUT2D eigenvalue weighted by Crippen LogP contribution is -2.54. The van der Waals surface area contributed by atoms with Crippen molar-refractivity contribution in [3.05, 3.63) is 35.9 Å². The van der Waals surface area contributed by atoms with Crippen molar-refractivity contribution >= 4 is 23.8 Å². The van der Waals surface area contributed by atoms with E-state index in [0.29, 0.717) is 13.0 Å². The minimum Gasteiger partial charge on any atom is -0.454 e. The van der Waals surface area contributed by atoms with Crippen molar-refractivity contribution in [2.75, 3.05) is 13.2 Å². The standard InChI is InChI=1S/C20H25N3O5/c1-14-7-5-6-10-20(14)18(26)23(19(27)22-20)12-17(25)28-13-16(24)21-11-15-8-3-2-4-9-15/h2-4,8-9,14H,5-7,10-13H2,1H3,(H,21,24)(H,22,27)/t14-,20+/m0/s1. The summed E-state index contributed by atoms with van der Waals surface area (Å²) in [5.41, 5.74) is 0.0104. The summed E-state index contributed by atoms with van der Waals surface area (Å²) in [5, 5.41) is 5.42. The Morgan fingerprint density at radius 1 is 1.25 bits per heavy atom. The first kappa shape index (κ1) is 19.9. The van der Waals surface area contributed by atoms with Crippen LogP contribution in [0.2, 0.25) is 0 Å². The largest absolute Gasteiger partial charge is 0.454 e. The molecule has 28 heavy (non-hydrogen) atoms. The average molecular weight is 387 g/mol. The van der Waals surface area contributed by atoms with E-state index in [1.165, 1.54) is 0 Å². The average Bonchev–Trinajstić information content (AvgIpc) is 2.93. The van der Waals surface area contributed by atoms with Gasteiger partial charge in [-0.2, -0.15) is 0 Å². The number of hydrogen-bond acceptors (Lipinski definition) is 5. The van der Waals surface area contributed by atoms with Gasteiger partial charge in [-0.15, -0.1) is 0 Å². The van der Waals surface area contributed by atoms with Crippen molar-refractivity contribution in [2.24, 2.45) is 5.92 Å². The van der Waals surface area contributed by atoms with Gasteiger partial charge in [0.2, 0.25) is 0 Å². The molecule has 2 fully saturated rings. The number of nitrogens with zero attached hydrogens (tertiary/aromatic N) is 1. The molecular formula is C20H25N3O5. The number of ether oxygens (including phenoxy) is 1. The molecule has 1 aliphatic heterocycles. The molecule has 0 aromatic heterocycles. The first-order valence-electron chi connectivity index (χ1n) is 9.53. The third kappa shape index (κ3) is 4.16. The fourth-order valence-corrected chi connectivity index (χ4v) is 3.81. The predicted octanol–water partition coefficient (Wildman–Crippen LogP) is 1.35. The predicted molar refractivity (Wildman–Crippen MR) is 99.9 cm³/mol. The fourth-order valence-electron chi connectivity index (χ4n) is 3.81. The van der Waals surface area contributed by atoms with Gasteiger partial charge in [0.1, 0.15) is 12.1 Å². The third-order valence-electron chi connectivity index (χ3n) is 5.49. The zero-order chi connectivity index (χ0) is 20.1. The normalized spacial score (nSPS) is 24.2. The van der Waals surface area contributed by atoms with E-state index in [2.05, 4.69) is 10.6 Å². The van der Waals surface area contributed by atoms with Crippen molar-refractivity contribution in [3.63, 3.8) is 0 Å². The van der Waals surface area contributed by atoms with E-state index in [1.54, 1.807) is 0 Å². The Kier molecular flexibility index (Phi) is 5.96. The van der Waals surface area contributed by atoms with Crippen LogP contribution >= 0.6 is 0 Å². The van der Waals surface area contributed by atoms with Crippen LogP contribution in [0.4, 0.5) is 4.79 Å². The number of carbonyl (C=O) groups is 4. The minimum absolute atomic E-state index is 0.0162. The van der Waals surface area contributed by atoms with Crippen molar-refractivity contribution in [3.8, 4) is 0 Å². The first-order valence-corrected chi connectivity index (χ1v) is 9.53. The molecule has 2 N–H and O–H groups in total. The molecule has 0 bridgehead atoms. The first-order chi connectivity index (χ1) is 13.4. The molecule has 1 spiro atoms. The van der Waals surface area contributed by atoms with Crippen molar-refractivity contribution < 1.29 is 23.9 Å². The molecular weight excluding hydrogens is 362 g/mol. The maximum absolute atomic E-state index is 12.8. The van der Waals surface area contributed by atoms with E-state index in [4.69, 9.17) is 4.74 Å². The van der Waals surface area contributed by atoms with E-state index in [0.717, 1.165) is 29.7 Å². The molecule has 8 heteroatoms. The zero-order valence-corrected chi connectivity index (χ0v) is 15.9. The number of urea groups is 1. The van der Waals surface area contributed by atoms with Gasteiger partial charge >= 0.3 is 12.0 Å². The number of imide groups is 1. The molecule has 2 atom stereocenters. The summed E-state index contributed by atoms with van der Waals surface area (Å²) in [6.45, 7) is 1.31. The summed E-state index contributed by atoms with van der Waals surface area (Å²) < 4.78 is 4.93. The molecule has 0 radical (unpaired) electrons. The van der Waals surface area contributed by atoms with E-state index in [-0.39, 0.29) is 11.8 Å². The second-order valence-electron chi connectivity index (χ2n) is 7.36. The van der Waals surface area contributed by atoms with Gasteiger partial charge in [-0.05, 0) is 24.3 Å². The van der Waals surface area contributed by atoms with Crippen molar-refractivity contribution in [2.45, 2.75) is 44.7 Å². The molecule has 0 unspecified atom stereocenters. The maximum Gasteiger partial charge on any atom is 0.326 e. The van der Waals surface area contributed by atoms with Gasteiger partial charge in [0.05, 0.1) is 0 Å². The molecule has 8 nitrogen and oxygen atoms in total. The number of carbonyl (C=O) groups excluding carboxylic acids is 4. The Labute approximate surface area is 163 Å². The van der Waals surface area contributed by atoms with Crippen LogP contribution in [0.1, 0.15) is 38.2 Å². The summed E-state index contributed by atoms with van der Waals surface area (Å²) in [4.78, 5) is 49.8. The number of rotatable bonds is 6. The van der Waals surface area contributed by atoms with Gasteiger partial charge in [-0.1, -0.05) is 50.1 Å². The molecule has 1 saturated heterocycles. The highest BCUT2D eigenvalue weighted by atomic mass is 16.5. The highest BCUT2D eigenvalue weighted by molar-refractivity contribution is 6.09.